The Morgan fingerprint density at radius 1 is 1.29 bits per heavy atom. The fourth-order valence-corrected chi connectivity index (χ4v) is 2.31. The number of nitrogens with one attached hydrogen (secondary N) is 2. The summed E-state index contributed by atoms with van der Waals surface area (Å²) >= 11 is 5.60. The van der Waals surface area contributed by atoms with E-state index >= 15 is 0 Å². The van der Waals surface area contributed by atoms with Crippen molar-refractivity contribution in [3.63, 3.8) is 0 Å². The molecule has 0 aromatic carbocycles. The molecule has 2 aromatic heterocycles. The van der Waals surface area contributed by atoms with Crippen molar-refractivity contribution >= 4 is 27.3 Å². The predicted molar refractivity (Wildman–Crippen MR) is 63.4 cm³/mol. The van der Waals surface area contributed by atoms with Crippen LogP contribution in [0.5, 0.6) is 0 Å². The second-order valence-electron chi connectivity index (χ2n) is 3.31. The highest BCUT2D eigenvalue weighted by atomic mass is 35.5. The van der Waals surface area contributed by atoms with Gasteiger partial charge in [-0.3, -0.25) is 4.72 Å². The Labute approximate surface area is 103 Å². The van der Waals surface area contributed by atoms with Gasteiger partial charge < -0.3 is 4.98 Å². The Morgan fingerprint density at radius 2 is 2.06 bits per heavy atom. The van der Waals surface area contributed by atoms with Crippen LogP contribution in [0, 0.1) is 6.92 Å². The van der Waals surface area contributed by atoms with Gasteiger partial charge in [0.1, 0.15) is 11.0 Å². The molecule has 0 radical (unpaired) electrons. The van der Waals surface area contributed by atoms with Gasteiger partial charge in [-0.15, -0.1) is 0 Å². The van der Waals surface area contributed by atoms with Gasteiger partial charge in [-0.2, -0.15) is 8.42 Å². The van der Waals surface area contributed by atoms with Gasteiger partial charge in [-0.25, -0.2) is 9.97 Å². The molecule has 0 atom stereocenters. The molecule has 6 nitrogen and oxygen atoms in total. The molecule has 17 heavy (non-hydrogen) atoms. The second-order valence-corrected chi connectivity index (χ2v) is 5.35. The van der Waals surface area contributed by atoms with Gasteiger partial charge in [0.05, 0.1) is 18.1 Å². The first-order valence-corrected chi connectivity index (χ1v) is 6.49. The summed E-state index contributed by atoms with van der Waals surface area (Å²) < 4.78 is 26.1. The number of halogens is 1. The number of aromatic nitrogens is 3. The maximum Gasteiger partial charge on any atom is 0.279 e. The first-order valence-electron chi connectivity index (χ1n) is 4.63. The van der Waals surface area contributed by atoms with Crippen LogP contribution in [0.2, 0.25) is 5.15 Å². The third kappa shape index (κ3) is 2.75. The highest BCUT2D eigenvalue weighted by Gasteiger charge is 2.16. The zero-order valence-electron chi connectivity index (χ0n) is 8.81. The quantitative estimate of drug-likeness (QED) is 0.830. The smallest absolute Gasteiger partial charge is 0.279 e. The van der Waals surface area contributed by atoms with Crippen LogP contribution in [0.4, 0.5) is 5.69 Å². The van der Waals surface area contributed by atoms with Crippen LogP contribution in [-0.4, -0.2) is 23.4 Å². The Kier molecular flexibility index (Phi) is 3.03. The van der Waals surface area contributed by atoms with E-state index in [1.165, 1.54) is 24.5 Å². The summed E-state index contributed by atoms with van der Waals surface area (Å²) in [5.41, 5.74) is 0.335. The topological polar surface area (TPSA) is 87.7 Å². The molecule has 90 valence electrons. The van der Waals surface area contributed by atoms with Crippen LogP contribution in [-0.2, 0) is 10.0 Å². The summed E-state index contributed by atoms with van der Waals surface area (Å²) in [5, 5.41) is 0.301. The number of aryl methyl sites for hydroxylation is 1. The fourth-order valence-electron chi connectivity index (χ4n) is 1.18. The molecule has 0 bridgehead atoms. The Balaban J connectivity index is 2.26. The van der Waals surface area contributed by atoms with E-state index in [1.807, 2.05) is 0 Å². The number of sulfonamides is 1. The predicted octanol–water partition coefficient (Wildman–Crippen LogP) is 1.57. The van der Waals surface area contributed by atoms with Gasteiger partial charge in [-0.1, -0.05) is 11.6 Å². The summed E-state index contributed by atoms with van der Waals surface area (Å²) in [5.74, 6) is 0.527. The van der Waals surface area contributed by atoms with Crippen LogP contribution in [0.3, 0.4) is 0 Å². The zero-order valence-corrected chi connectivity index (χ0v) is 10.4. The molecular formula is C9H9ClN4O2S. The molecule has 0 unspecified atom stereocenters. The van der Waals surface area contributed by atoms with Crippen molar-refractivity contribution in [2.45, 2.75) is 11.9 Å². The highest BCUT2D eigenvalue weighted by molar-refractivity contribution is 7.92. The van der Waals surface area contributed by atoms with Gasteiger partial charge in [0.2, 0.25) is 0 Å². The molecular weight excluding hydrogens is 264 g/mol. The number of hydrogen-bond acceptors (Lipinski definition) is 4. The SMILES string of the molecule is Cc1ncc(S(=O)(=O)Nc2ccc(Cl)nc2)[nH]1. The lowest BCUT2D eigenvalue weighted by atomic mass is 10.4. The van der Waals surface area contributed by atoms with E-state index in [4.69, 9.17) is 11.6 Å². The van der Waals surface area contributed by atoms with Crippen molar-refractivity contribution in [3.8, 4) is 0 Å². The molecule has 2 aromatic rings. The number of nitrogens with zero attached hydrogens (tertiary/aromatic N) is 2. The molecule has 2 heterocycles. The largest absolute Gasteiger partial charge is 0.332 e. The van der Waals surface area contributed by atoms with E-state index in [1.54, 1.807) is 6.92 Å². The molecule has 0 aliphatic rings. The van der Waals surface area contributed by atoms with E-state index in [-0.39, 0.29) is 5.03 Å². The van der Waals surface area contributed by atoms with Crippen molar-refractivity contribution < 1.29 is 8.42 Å². The van der Waals surface area contributed by atoms with Crippen molar-refractivity contribution in [1.29, 1.82) is 0 Å². The number of H-pyrrole nitrogens is 1. The maximum absolute atomic E-state index is 11.9. The van der Waals surface area contributed by atoms with Crippen molar-refractivity contribution in [3.05, 3.63) is 35.5 Å². The van der Waals surface area contributed by atoms with E-state index in [0.717, 1.165) is 0 Å². The summed E-state index contributed by atoms with van der Waals surface area (Å²) in [6, 6.07) is 3.02. The number of hydrogen-bond donors (Lipinski definition) is 2. The van der Waals surface area contributed by atoms with Crippen molar-refractivity contribution in [2.24, 2.45) is 0 Å². The average molecular weight is 273 g/mol. The van der Waals surface area contributed by atoms with E-state index in [0.29, 0.717) is 16.7 Å². The molecule has 2 rings (SSSR count). The van der Waals surface area contributed by atoms with Crippen molar-refractivity contribution in [2.75, 3.05) is 4.72 Å². The summed E-state index contributed by atoms with van der Waals surface area (Å²) in [4.78, 5) is 10.2. The number of anilines is 1. The molecule has 0 amide bonds. The van der Waals surface area contributed by atoms with E-state index in [2.05, 4.69) is 19.7 Å². The van der Waals surface area contributed by atoms with Gasteiger partial charge in [0, 0.05) is 0 Å². The van der Waals surface area contributed by atoms with Crippen LogP contribution in [0.25, 0.3) is 0 Å². The van der Waals surface area contributed by atoms with Crippen LogP contribution in [0.15, 0.2) is 29.6 Å². The third-order valence-electron chi connectivity index (χ3n) is 1.95. The highest BCUT2D eigenvalue weighted by Crippen LogP contribution is 2.15. The lowest BCUT2D eigenvalue weighted by molar-refractivity contribution is 0.598. The first-order chi connectivity index (χ1) is 7.97. The summed E-state index contributed by atoms with van der Waals surface area (Å²) in [7, 11) is -3.66. The minimum absolute atomic E-state index is 0.00458. The van der Waals surface area contributed by atoms with Gasteiger partial charge >= 0.3 is 0 Å². The molecule has 0 saturated heterocycles. The standard InChI is InChI=1S/C9H9ClN4O2S/c1-6-11-5-9(13-6)17(15,16)14-7-2-3-8(10)12-4-7/h2-5,14H,1H3,(H,11,13). The fraction of sp³-hybridized carbons (Fsp3) is 0.111. The molecule has 0 aliphatic carbocycles. The van der Waals surface area contributed by atoms with Crippen LogP contribution in [0.1, 0.15) is 5.82 Å². The number of aromatic amines is 1. The number of pyridine rings is 1. The molecule has 0 saturated carbocycles. The molecule has 8 heteroatoms. The van der Waals surface area contributed by atoms with Gasteiger partial charge in [0.15, 0.2) is 5.03 Å². The van der Waals surface area contributed by atoms with Crippen molar-refractivity contribution in [1.82, 2.24) is 15.0 Å². The Hall–Kier alpha value is -1.60. The summed E-state index contributed by atoms with van der Waals surface area (Å²) in [6.45, 7) is 1.67. The third-order valence-corrected chi connectivity index (χ3v) is 3.46. The second kappa shape index (κ2) is 4.34. The lowest BCUT2D eigenvalue weighted by Gasteiger charge is -2.05. The number of rotatable bonds is 3. The Bertz CT molecular complexity index is 621. The average Bonchev–Trinajstić information content (AvgIpc) is 2.69. The molecule has 0 aliphatic heterocycles. The maximum atomic E-state index is 11.9. The number of imidazole rings is 1. The zero-order chi connectivity index (χ0) is 12.5. The van der Waals surface area contributed by atoms with Gasteiger partial charge in [-0.05, 0) is 19.1 Å². The molecule has 0 spiro atoms. The Morgan fingerprint density at radius 3 is 2.59 bits per heavy atom. The summed E-state index contributed by atoms with van der Waals surface area (Å²) in [6.07, 6.45) is 2.59. The van der Waals surface area contributed by atoms with Crippen LogP contribution >= 0.6 is 11.6 Å². The first kappa shape index (κ1) is 11.9. The molecule has 2 N–H and O–H groups in total. The normalized spacial score (nSPS) is 11.4. The minimum Gasteiger partial charge on any atom is -0.332 e. The van der Waals surface area contributed by atoms with Gasteiger partial charge in [0.25, 0.3) is 10.0 Å². The van der Waals surface area contributed by atoms with Crippen LogP contribution < -0.4 is 4.72 Å². The van der Waals surface area contributed by atoms with E-state index < -0.39 is 10.0 Å². The monoisotopic (exact) mass is 272 g/mol. The lowest BCUT2D eigenvalue weighted by Crippen LogP contribution is -2.13. The minimum atomic E-state index is -3.66. The molecule has 0 fully saturated rings. The van der Waals surface area contributed by atoms with E-state index in [9.17, 15) is 8.42 Å².